The van der Waals surface area contributed by atoms with Gasteiger partial charge in [-0.25, -0.2) is 0 Å². The van der Waals surface area contributed by atoms with Gasteiger partial charge in [-0.3, -0.25) is 0 Å². The number of hydrogen-bond acceptors (Lipinski definition) is 3. The zero-order valence-electron chi connectivity index (χ0n) is 17.0. The van der Waals surface area contributed by atoms with E-state index in [0.717, 1.165) is 16.3 Å². The van der Waals surface area contributed by atoms with Crippen LogP contribution in [-0.2, 0) is 0 Å². The molecule has 0 radical (unpaired) electrons. The summed E-state index contributed by atoms with van der Waals surface area (Å²) in [5.41, 5.74) is 0.963. The molecule has 4 heteroatoms. The van der Waals surface area contributed by atoms with Crippen molar-refractivity contribution in [2.45, 2.75) is 36.5 Å². The first-order valence-electron chi connectivity index (χ1n) is 10.8. The SMILES string of the molecule is C1=C(COc2ccc3ccccc3c2)N=NC1[C@@H]1CCCC[C@H]1[Se]c1ccccc1. The molecule has 0 spiro atoms. The molecule has 0 amide bonds. The number of ether oxygens (including phenoxy) is 1. The number of fused-ring (bicyclic) bond motifs is 1. The fraction of sp³-hybridized carbons (Fsp3) is 0.308. The summed E-state index contributed by atoms with van der Waals surface area (Å²) in [6.07, 6.45) is 7.50. The molecule has 3 atom stereocenters. The molecule has 1 aliphatic heterocycles. The second-order valence-electron chi connectivity index (χ2n) is 8.08. The Kier molecular flexibility index (Phi) is 5.96. The van der Waals surface area contributed by atoms with E-state index < -0.39 is 0 Å². The molecule has 2 aliphatic rings. The van der Waals surface area contributed by atoms with Gasteiger partial charge in [-0.15, -0.1) is 0 Å². The summed E-state index contributed by atoms with van der Waals surface area (Å²) in [5, 5.41) is 11.6. The average molecular weight is 461 g/mol. The van der Waals surface area contributed by atoms with E-state index in [4.69, 9.17) is 4.74 Å². The minimum atomic E-state index is 0.219. The molecule has 1 unspecified atom stereocenters. The average Bonchev–Trinajstić information content (AvgIpc) is 3.27. The van der Waals surface area contributed by atoms with E-state index in [1.807, 2.05) is 6.07 Å². The maximum absolute atomic E-state index is 6.04. The van der Waals surface area contributed by atoms with Crippen LogP contribution < -0.4 is 9.20 Å². The third-order valence-corrected chi connectivity index (χ3v) is 9.02. The molecule has 5 rings (SSSR count). The van der Waals surface area contributed by atoms with Crippen molar-refractivity contribution in [3.05, 3.63) is 84.6 Å². The molecule has 3 nitrogen and oxygen atoms in total. The number of azo groups is 1. The Hall–Kier alpha value is -2.42. The summed E-state index contributed by atoms with van der Waals surface area (Å²) in [4.78, 5) is 0.745. The number of rotatable bonds is 6. The second kappa shape index (κ2) is 9.16. The van der Waals surface area contributed by atoms with Crippen molar-refractivity contribution in [1.82, 2.24) is 0 Å². The molecule has 0 saturated heterocycles. The molecule has 1 saturated carbocycles. The Balaban J connectivity index is 1.23. The molecule has 1 heterocycles. The van der Waals surface area contributed by atoms with E-state index in [0.29, 0.717) is 27.5 Å². The third-order valence-electron chi connectivity index (χ3n) is 6.01. The Labute approximate surface area is 184 Å². The van der Waals surface area contributed by atoms with Crippen LogP contribution in [0.2, 0.25) is 4.82 Å². The van der Waals surface area contributed by atoms with Gasteiger partial charge in [-0.1, -0.05) is 6.07 Å². The molecule has 3 aromatic rings. The van der Waals surface area contributed by atoms with Crippen LogP contribution in [0.5, 0.6) is 5.75 Å². The van der Waals surface area contributed by atoms with Crippen LogP contribution in [0.25, 0.3) is 10.8 Å². The van der Waals surface area contributed by atoms with Crippen LogP contribution in [0, 0.1) is 5.92 Å². The van der Waals surface area contributed by atoms with Crippen molar-refractivity contribution in [1.29, 1.82) is 0 Å². The van der Waals surface area contributed by atoms with E-state index >= 15 is 0 Å². The number of benzene rings is 3. The standard InChI is InChI=1S/C26H26N2OSe/c1-2-10-23(11-3-1)30-26-13-7-6-12-24(26)25-17-21(27-28-25)18-29-22-15-14-19-8-4-5-9-20(19)16-22/h1-5,8-11,14-17,24-26H,6-7,12-13,18H2/t24-,25?,26+/m0/s1. The summed E-state index contributed by atoms with van der Waals surface area (Å²) in [5.74, 6) is 1.50. The molecule has 3 aromatic carbocycles. The summed E-state index contributed by atoms with van der Waals surface area (Å²) in [6.45, 7) is 0.486. The Morgan fingerprint density at radius 1 is 0.867 bits per heavy atom. The summed E-state index contributed by atoms with van der Waals surface area (Å²) in [6, 6.07) is 25.8. The molecular weight excluding hydrogens is 435 g/mol. The zero-order chi connectivity index (χ0) is 20.2. The first kappa shape index (κ1) is 19.5. The number of nitrogens with zero attached hydrogens (tertiary/aromatic N) is 2. The Bertz CT molecular complexity index is 1060. The van der Waals surface area contributed by atoms with Crippen LogP contribution in [0.15, 0.2) is 94.8 Å². The second-order valence-corrected chi connectivity index (χ2v) is 10.8. The summed E-state index contributed by atoms with van der Waals surface area (Å²) >= 11 is 0.500. The molecule has 1 fully saturated rings. The number of hydrogen-bond donors (Lipinski definition) is 0. The maximum atomic E-state index is 6.04. The molecule has 152 valence electrons. The van der Waals surface area contributed by atoms with Crippen LogP contribution in [0.3, 0.4) is 0 Å². The van der Waals surface area contributed by atoms with E-state index in [2.05, 4.69) is 83.0 Å². The molecule has 1 aliphatic carbocycles. The Morgan fingerprint density at radius 3 is 2.57 bits per heavy atom. The van der Waals surface area contributed by atoms with Crippen molar-refractivity contribution in [2.24, 2.45) is 16.1 Å². The van der Waals surface area contributed by atoms with Crippen LogP contribution >= 0.6 is 0 Å². The topological polar surface area (TPSA) is 34.0 Å². The van der Waals surface area contributed by atoms with E-state index in [1.165, 1.54) is 40.9 Å². The van der Waals surface area contributed by atoms with E-state index in [1.54, 1.807) is 0 Å². The van der Waals surface area contributed by atoms with Gasteiger partial charge in [0.15, 0.2) is 0 Å². The van der Waals surface area contributed by atoms with Crippen molar-refractivity contribution < 1.29 is 4.74 Å². The van der Waals surface area contributed by atoms with Crippen LogP contribution in [0.1, 0.15) is 25.7 Å². The van der Waals surface area contributed by atoms with Gasteiger partial charge < -0.3 is 0 Å². The monoisotopic (exact) mass is 462 g/mol. The fourth-order valence-electron chi connectivity index (χ4n) is 4.44. The molecule has 0 aromatic heterocycles. The van der Waals surface area contributed by atoms with E-state index in [-0.39, 0.29) is 6.04 Å². The van der Waals surface area contributed by atoms with Gasteiger partial charge in [0.25, 0.3) is 0 Å². The first-order valence-corrected chi connectivity index (χ1v) is 12.6. The van der Waals surface area contributed by atoms with Crippen LogP contribution in [-0.4, -0.2) is 27.6 Å². The van der Waals surface area contributed by atoms with Gasteiger partial charge in [0, 0.05) is 0 Å². The van der Waals surface area contributed by atoms with Gasteiger partial charge in [0.2, 0.25) is 0 Å². The molecule has 0 bridgehead atoms. The van der Waals surface area contributed by atoms with Gasteiger partial charge in [0.05, 0.1) is 0 Å². The van der Waals surface area contributed by atoms with Crippen molar-refractivity contribution in [2.75, 3.05) is 6.61 Å². The van der Waals surface area contributed by atoms with E-state index in [9.17, 15) is 0 Å². The zero-order valence-corrected chi connectivity index (χ0v) is 18.7. The summed E-state index contributed by atoms with van der Waals surface area (Å²) < 4.78 is 7.54. The van der Waals surface area contributed by atoms with Gasteiger partial charge in [-0.2, -0.15) is 0 Å². The van der Waals surface area contributed by atoms with Gasteiger partial charge in [-0.05, 0) is 0 Å². The van der Waals surface area contributed by atoms with Crippen molar-refractivity contribution in [3.63, 3.8) is 0 Å². The molecule has 30 heavy (non-hydrogen) atoms. The van der Waals surface area contributed by atoms with Crippen molar-refractivity contribution >= 4 is 30.2 Å². The Morgan fingerprint density at radius 2 is 1.67 bits per heavy atom. The first-order chi connectivity index (χ1) is 14.8. The molecular formula is C26H26N2OSe. The molecule has 0 N–H and O–H groups in total. The van der Waals surface area contributed by atoms with Gasteiger partial charge >= 0.3 is 178 Å². The quantitative estimate of drug-likeness (QED) is 0.418. The predicted octanol–water partition coefficient (Wildman–Crippen LogP) is 5.95. The van der Waals surface area contributed by atoms with Crippen LogP contribution in [0.4, 0.5) is 0 Å². The normalized spacial score (nSPS) is 23.5. The van der Waals surface area contributed by atoms with Gasteiger partial charge in [0.1, 0.15) is 0 Å². The van der Waals surface area contributed by atoms with Crippen molar-refractivity contribution in [3.8, 4) is 5.75 Å². The summed E-state index contributed by atoms with van der Waals surface area (Å²) in [7, 11) is 0. The fourth-order valence-corrected chi connectivity index (χ4v) is 7.42. The predicted molar refractivity (Wildman–Crippen MR) is 124 cm³/mol. The minimum absolute atomic E-state index is 0.219. The third kappa shape index (κ3) is 4.50.